The van der Waals surface area contributed by atoms with Crippen LogP contribution in [0.15, 0.2) is 4.79 Å². The highest BCUT2D eigenvalue weighted by atomic mass is 16.4. The van der Waals surface area contributed by atoms with Gasteiger partial charge in [-0.25, -0.2) is 0 Å². The zero-order valence-corrected chi connectivity index (χ0v) is 9.20. The van der Waals surface area contributed by atoms with Gasteiger partial charge in [0.05, 0.1) is 0 Å². The summed E-state index contributed by atoms with van der Waals surface area (Å²) in [5.41, 5.74) is -0.134. The molecule has 1 amide bonds. The Bertz CT molecular complexity index is 485. The number of rotatable bonds is 3. The van der Waals surface area contributed by atoms with Crippen LogP contribution >= 0.6 is 0 Å². The Morgan fingerprint density at radius 1 is 1.50 bits per heavy atom. The quantitative estimate of drug-likeness (QED) is 0.630. The van der Waals surface area contributed by atoms with E-state index in [0.717, 1.165) is 4.68 Å². The number of amides is 1. The number of hydrogen-bond acceptors (Lipinski definition) is 3. The predicted molar refractivity (Wildman–Crippen MR) is 55.3 cm³/mol. The second-order valence-corrected chi connectivity index (χ2v) is 3.51. The van der Waals surface area contributed by atoms with Gasteiger partial charge in [0, 0.05) is 12.7 Å². The van der Waals surface area contributed by atoms with E-state index in [2.05, 4.69) is 10.4 Å². The van der Waals surface area contributed by atoms with Gasteiger partial charge in [-0.1, -0.05) is 0 Å². The highest BCUT2D eigenvalue weighted by molar-refractivity contribution is 5.97. The van der Waals surface area contributed by atoms with Crippen molar-refractivity contribution in [1.29, 1.82) is 0 Å². The minimum Gasteiger partial charge on any atom is -0.480 e. The molecule has 1 unspecified atom stereocenters. The SMILES string of the molecule is Cc1[nH]n(C)c(=O)c1C(=O)NC(C)C(=O)O. The fourth-order valence-electron chi connectivity index (χ4n) is 1.28. The first kappa shape index (κ1) is 12.0. The summed E-state index contributed by atoms with van der Waals surface area (Å²) in [7, 11) is 1.48. The minimum absolute atomic E-state index is 0.0596. The lowest BCUT2D eigenvalue weighted by atomic mass is 10.2. The molecule has 0 fully saturated rings. The number of nitrogens with zero attached hydrogens (tertiary/aromatic N) is 1. The maximum absolute atomic E-state index is 11.6. The first-order valence-corrected chi connectivity index (χ1v) is 4.64. The van der Waals surface area contributed by atoms with Crippen molar-refractivity contribution in [2.45, 2.75) is 19.9 Å². The van der Waals surface area contributed by atoms with Crippen molar-refractivity contribution in [1.82, 2.24) is 15.1 Å². The third-order valence-electron chi connectivity index (χ3n) is 2.17. The molecule has 88 valence electrons. The number of aliphatic carboxylic acids is 1. The van der Waals surface area contributed by atoms with Gasteiger partial charge in [-0.15, -0.1) is 0 Å². The number of carboxylic acid groups (broad SMARTS) is 1. The molecule has 1 aromatic heterocycles. The zero-order valence-electron chi connectivity index (χ0n) is 9.20. The monoisotopic (exact) mass is 227 g/mol. The summed E-state index contributed by atoms with van der Waals surface area (Å²) in [5.74, 6) is -1.84. The van der Waals surface area contributed by atoms with E-state index in [-0.39, 0.29) is 5.56 Å². The first-order valence-electron chi connectivity index (χ1n) is 4.64. The maximum atomic E-state index is 11.6. The molecular formula is C9H13N3O4. The van der Waals surface area contributed by atoms with Crippen LogP contribution in [-0.2, 0) is 11.8 Å². The number of H-pyrrole nitrogens is 1. The Hall–Kier alpha value is -2.05. The molecule has 0 aliphatic rings. The Morgan fingerprint density at radius 3 is 2.44 bits per heavy atom. The molecule has 0 aromatic carbocycles. The smallest absolute Gasteiger partial charge is 0.325 e. The molecule has 1 rings (SSSR count). The Kier molecular flexibility index (Phi) is 3.17. The van der Waals surface area contributed by atoms with E-state index in [1.54, 1.807) is 6.92 Å². The van der Waals surface area contributed by atoms with Gasteiger partial charge in [0.15, 0.2) is 0 Å². The van der Waals surface area contributed by atoms with Crippen molar-refractivity contribution >= 4 is 11.9 Å². The lowest BCUT2D eigenvalue weighted by molar-refractivity contribution is -0.138. The summed E-state index contributed by atoms with van der Waals surface area (Å²) >= 11 is 0. The van der Waals surface area contributed by atoms with E-state index in [1.165, 1.54) is 14.0 Å². The fourth-order valence-corrected chi connectivity index (χ4v) is 1.28. The molecule has 1 heterocycles. The molecule has 0 bridgehead atoms. The maximum Gasteiger partial charge on any atom is 0.325 e. The first-order chi connectivity index (χ1) is 7.34. The number of aryl methyl sites for hydroxylation is 2. The van der Waals surface area contributed by atoms with Crippen LogP contribution in [0.1, 0.15) is 23.0 Å². The van der Waals surface area contributed by atoms with Crippen LogP contribution in [0.5, 0.6) is 0 Å². The van der Waals surface area contributed by atoms with Crippen LogP contribution < -0.4 is 10.9 Å². The fraction of sp³-hybridized carbons (Fsp3) is 0.444. The normalized spacial score (nSPS) is 12.2. The Morgan fingerprint density at radius 2 is 2.06 bits per heavy atom. The number of nitrogens with one attached hydrogen (secondary N) is 2. The molecule has 0 aliphatic carbocycles. The topological polar surface area (TPSA) is 104 Å². The summed E-state index contributed by atoms with van der Waals surface area (Å²) < 4.78 is 1.16. The second kappa shape index (κ2) is 4.21. The molecule has 0 radical (unpaired) electrons. The zero-order chi connectivity index (χ0) is 12.5. The van der Waals surface area contributed by atoms with Gasteiger partial charge in [0.2, 0.25) is 0 Å². The molecule has 16 heavy (non-hydrogen) atoms. The highest BCUT2D eigenvalue weighted by Crippen LogP contribution is 1.98. The second-order valence-electron chi connectivity index (χ2n) is 3.51. The van der Waals surface area contributed by atoms with E-state index in [1.807, 2.05) is 0 Å². The molecule has 1 atom stereocenters. The van der Waals surface area contributed by atoms with Crippen molar-refractivity contribution < 1.29 is 14.7 Å². The number of carbonyl (C=O) groups is 2. The summed E-state index contributed by atoms with van der Waals surface area (Å²) in [6, 6.07) is -1.04. The third-order valence-corrected chi connectivity index (χ3v) is 2.17. The van der Waals surface area contributed by atoms with E-state index >= 15 is 0 Å². The Labute approximate surface area is 91.1 Å². The van der Waals surface area contributed by atoms with E-state index < -0.39 is 23.5 Å². The highest BCUT2D eigenvalue weighted by Gasteiger charge is 2.21. The van der Waals surface area contributed by atoms with Gasteiger partial charge in [-0.3, -0.25) is 24.2 Å². The van der Waals surface area contributed by atoms with Crippen molar-refractivity contribution in [3.63, 3.8) is 0 Å². The Balaban J connectivity index is 2.98. The average Bonchev–Trinajstić information content (AvgIpc) is 2.40. The van der Waals surface area contributed by atoms with Gasteiger partial charge in [-0.05, 0) is 13.8 Å². The van der Waals surface area contributed by atoms with Crippen LogP contribution in [-0.4, -0.2) is 32.8 Å². The van der Waals surface area contributed by atoms with Gasteiger partial charge in [0.25, 0.3) is 11.5 Å². The third kappa shape index (κ3) is 2.13. The van der Waals surface area contributed by atoms with E-state index in [0.29, 0.717) is 5.69 Å². The van der Waals surface area contributed by atoms with Gasteiger partial charge in [-0.2, -0.15) is 0 Å². The molecule has 0 spiro atoms. The van der Waals surface area contributed by atoms with Crippen LogP contribution in [0.3, 0.4) is 0 Å². The summed E-state index contributed by atoms with van der Waals surface area (Å²) in [6.45, 7) is 2.90. The molecule has 1 aromatic rings. The lowest BCUT2D eigenvalue weighted by Gasteiger charge is -2.07. The summed E-state index contributed by atoms with van der Waals surface area (Å²) in [4.78, 5) is 33.6. The van der Waals surface area contributed by atoms with Gasteiger partial charge >= 0.3 is 5.97 Å². The number of carboxylic acids is 1. The van der Waals surface area contributed by atoms with E-state index in [4.69, 9.17) is 5.11 Å². The molecule has 0 saturated carbocycles. The summed E-state index contributed by atoms with van der Waals surface area (Å²) in [5, 5.41) is 13.5. The standard InChI is InChI=1S/C9H13N3O4/c1-4-6(8(14)12(3)11-4)7(13)10-5(2)9(15)16/h5,11H,1-3H3,(H,10,13)(H,15,16). The number of carbonyl (C=O) groups excluding carboxylic acids is 1. The van der Waals surface area contributed by atoms with Crippen molar-refractivity contribution in [2.24, 2.45) is 7.05 Å². The van der Waals surface area contributed by atoms with Gasteiger partial charge < -0.3 is 10.4 Å². The van der Waals surface area contributed by atoms with Crippen molar-refractivity contribution in [3.8, 4) is 0 Å². The molecule has 0 saturated heterocycles. The molecule has 7 nitrogen and oxygen atoms in total. The largest absolute Gasteiger partial charge is 0.480 e. The summed E-state index contributed by atoms with van der Waals surface area (Å²) in [6.07, 6.45) is 0. The molecular weight excluding hydrogens is 214 g/mol. The molecule has 0 aliphatic heterocycles. The van der Waals surface area contributed by atoms with Crippen molar-refractivity contribution in [3.05, 3.63) is 21.6 Å². The van der Waals surface area contributed by atoms with Crippen LogP contribution in [0.2, 0.25) is 0 Å². The predicted octanol–water partition coefficient (Wildman–Crippen LogP) is -0.775. The van der Waals surface area contributed by atoms with Crippen LogP contribution in [0.4, 0.5) is 0 Å². The van der Waals surface area contributed by atoms with Crippen molar-refractivity contribution in [2.75, 3.05) is 0 Å². The molecule has 7 heteroatoms. The minimum atomic E-state index is -1.15. The van der Waals surface area contributed by atoms with Crippen LogP contribution in [0.25, 0.3) is 0 Å². The van der Waals surface area contributed by atoms with Crippen LogP contribution in [0, 0.1) is 6.92 Å². The van der Waals surface area contributed by atoms with Gasteiger partial charge in [0.1, 0.15) is 11.6 Å². The lowest BCUT2D eigenvalue weighted by Crippen LogP contribution is -2.40. The van der Waals surface area contributed by atoms with E-state index in [9.17, 15) is 14.4 Å². The molecule has 3 N–H and O–H groups in total. The number of hydrogen-bond donors (Lipinski definition) is 3. The number of aromatic nitrogens is 2. The average molecular weight is 227 g/mol. The number of aromatic amines is 1.